The topological polar surface area (TPSA) is 46.3 Å². The molecule has 1 amide bonds. The zero-order valence-electron chi connectivity index (χ0n) is 11.0. The summed E-state index contributed by atoms with van der Waals surface area (Å²) in [4.78, 5) is 14.2. The van der Waals surface area contributed by atoms with Crippen LogP contribution in [0, 0.1) is 5.82 Å². The summed E-state index contributed by atoms with van der Waals surface area (Å²) in [6, 6.07) is 12.0. The van der Waals surface area contributed by atoms with Gasteiger partial charge in [0.25, 0.3) is 5.91 Å². The lowest BCUT2D eigenvalue weighted by Gasteiger charge is -2.29. The molecular weight excluding hydrogens is 255 g/mol. The molecule has 102 valence electrons. The summed E-state index contributed by atoms with van der Waals surface area (Å²) in [5.41, 5.74) is 8.73. The lowest BCUT2D eigenvalue weighted by molar-refractivity contribution is 0.0736. The smallest absolute Gasteiger partial charge is 0.256 e. The second-order valence-corrected chi connectivity index (χ2v) is 4.98. The van der Waals surface area contributed by atoms with Gasteiger partial charge in [0.05, 0.1) is 5.56 Å². The maximum atomic E-state index is 13.0. The van der Waals surface area contributed by atoms with E-state index in [1.807, 2.05) is 18.2 Å². The fourth-order valence-electron chi connectivity index (χ4n) is 2.57. The second-order valence-electron chi connectivity index (χ2n) is 4.98. The first kappa shape index (κ1) is 12.7. The molecule has 4 heteroatoms. The number of amides is 1. The maximum absolute atomic E-state index is 13.0. The van der Waals surface area contributed by atoms with Gasteiger partial charge in [-0.15, -0.1) is 0 Å². The lowest BCUT2D eigenvalue weighted by Crippen LogP contribution is -2.36. The van der Waals surface area contributed by atoms with Crippen LogP contribution in [0.1, 0.15) is 21.5 Å². The van der Waals surface area contributed by atoms with Crippen LogP contribution in [0.2, 0.25) is 0 Å². The van der Waals surface area contributed by atoms with Gasteiger partial charge in [0, 0.05) is 18.8 Å². The average Bonchev–Trinajstić information content (AvgIpc) is 2.46. The molecule has 1 aliphatic heterocycles. The molecule has 0 unspecified atom stereocenters. The Bertz CT molecular complexity index is 669. The van der Waals surface area contributed by atoms with Gasteiger partial charge in [-0.1, -0.05) is 24.3 Å². The van der Waals surface area contributed by atoms with Crippen molar-refractivity contribution in [3.8, 4) is 0 Å². The predicted octanol–water partition coefficient (Wildman–Crippen LogP) is 2.61. The largest absolute Gasteiger partial charge is 0.398 e. The van der Waals surface area contributed by atoms with E-state index in [2.05, 4.69) is 6.07 Å². The number of nitrogens with two attached hydrogens (primary N) is 1. The highest BCUT2D eigenvalue weighted by molar-refractivity contribution is 5.99. The summed E-state index contributed by atoms with van der Waals surface area (Å²) in [6.07, 6.45) is 0.836. The fourth-order valence-corrected chi connectivity index (χ4v) is 2.57. The van der Waals surface area contributed by atoms with E-state index in [9.17, 15) is 9.18 Å². The molecule has 0 aliphatic carbocycles. The van der Waals surface area contributed by atoms with Crippen molar-refractivity contribution in [1.82, 2.24) is 4.90 Å². The summed E-state index contributed by atoms with van der Waals surface area (Å²) in [6.45, 7) is 1.23. The van der Waals surface area contributed by atoms with Gasteiger partial charge in [-0.2, -0.15) is 0 Å². The first-order valence-corrected chi connectivity index (χ1v) is 6.56. The minimum Gasteiger partial charge on any atom is -0.398 e. The molecule has 3 nitrogen and oxygen atoms in total. The molecular formula is C16H15FN2O. The third kappa shape index (κ3) is 2.25. The molecule has 0 atom stereocenters. The van der Waals surface area contributed by atoms with E-state index in [1.165, 1.54) is 23.8 Å². The van der Waals surface area contributed by atoms with Crippen LogP contribution >= 0.6 is 0 Å². The molecule has 0 fully saturated rings. The lowest BCUT2D eigenvalue weighted by atomic mass is 9.99. The molecule has 0 saturated carbocycles. The van der Waals surface area contributed by atoms with Gasteiger partial charge >= 0.3 is 0 Å². The minimum absolute atomic E-state index is 0.142. The number of carbonyl (C=O) groups excluding carboxylic acids is 1. The Labute approximate surface area is 116 Å². The first-order chi connectivity index (χ1) is 9.65. The zero-order valence-corrected chi connectivity index (χ0v) is 11.0. The number of anilines is 1. The van der Waals surface area contributed by atoms with E-state index in [0.717, 1.165) is 12.0 Å². The van der Waals surface area contributed by atoms with Crippen LogP contribution in [0.4, 0.5) is 10.1 Å². The highest BCUT2D eigenvalue weighted by Crippen LogP contribution is 2.22. The van der Waals surface area contributed by atoms with Gasteiger partial charge in [0.1, 0.15) is 5.82 Å². The van der Waals surface area contributed by atoms with Crippen molar-refractivity contribution in [2.24, 2.45) is 0 Å². The molecule has 1 aliphatic rings. The number of rotatable bonds is 1. The van der Waals surface area contributed by atoms with E-state index in [4.69, 9.17) is 5.73 Å². The molecule has 0 aromatic heterocycles. The monoisotopic (exact) mass is 270 g/mol. The van der Waals surface area contributed by atoms with Crippen molar-refractivity contribution in [3.05, 3.63) is 65.0 Å². The third-order valence-electron chi connectivity index (χ3n) is 3.66. The van der Waals surface area contributed by atoms with Gasteiger partial charge in [0.2, 0.25) is 0 Å². The first-order valence-electron chi connectivity index (χ1n) is 6.56. The van der Waals surface area contributed by atoms with Crippen LogP contribution in [-0.4, -0.2) is 17.4 Å². The summed E-state index contributed by atoms with van der Waals surface area (Å²) < 4.78 is 13.0. The number of hydrogen-bond acceptors (Lipinski definition) is 2. The van der Waals surface area contributed by atoms with Crippen molar-refractivity contribution in [1.29, 1.82) is 0 Å². The van der Waals surface area contributed by atoms with Crippen LogP contribution in [0.25, 0.3) is 0 Å². The van der Waals surface area contributed by atoms with Gasteiger partial charge in [0.15, 0.2) is 0 Å². The predicted molar refractivity (Wildman–Crippen MR) is 75.7 cm³/mol. The average molecular weight is 270 g/mol. The molecule has 0 spiro atoms. The molecule has 2 N–H and O–H groups in total. The van der Waals surface area contributed by atoms with Gasteiger partial charge in [-0.25, -0.2) is 4.39 Å². The number of halogens is 1. The molecule has 2 aromatic carbocycles. The van der Waals surface area contributed by atoms with E-state index in [0.29, 0.717) is 18.7 Å². The van der Waals surface area contributed by atoms with Gasteiger partial charge in [-0.3, -0.25) is 4.79 Å². The van der Waals surface area contributed by atoms with Crippen LogP contribution < -0.4 is 5.73 Å². The van der Waals surface area contributed by atoms with Crippen LogP contribution in [0.3, 0.4) is 0 Å². The Kier molecular flexibility index (Phi) is 3.14. The summed E-state index contributed by atoms with van der Waals surface area (Å²) in [5.74, 6) is -0.569. The summed E-state index contributed by atoms with van der Waals surface area (Å²) in [7, 11) is 0. The van der Waals surface area contributed by atoms with Gasteiger partial charge < -0.3 is 10.6 Å². The minimum atomic E-state index is -0.428. The number of benzene rings is 2. The summed E-state index contributed by atoms with van der Waals surface area (Å²) >= 11 is 0. The van der Waals surface area contributed by atoms with Crippen LogP contribution in [-0.2, 0) is 13.0 Å². The SMILES string of the molecule is Nc1cc(F)ccc1C(=O)N1CCc2ccccc2C1. The Hall–Kier alpha value is -2.36. The Morgan fingerprint density at radius 3 is 2.65 bits per heavy atom. The molecule has 2 aromatic rings. The van der Waals surface area contributed by atoms with Crippen LogP contribution in [0.15, 0.2) is 42.5 Å². The molecule has 0 saturated heterocycles. The number of nitrogens with zero attached hydrogens (tertiary/aromatic N) is 1. The fraction of sp³-hybridized carbons (Fsp3) is 0.188. The third-order valence-corrected chi connectivity index (χ3v) is 3.66. The normalized spacial score (nSPS) is 13.9. The number of carbonyl (C=O) groups is 1. The number of nitrogen functional groups attached to an aromatic ring is 1. The number of hydrogen-bond donors (Lipinski definition) is 1. The van der Waals surface area contributed by atoms with Crippen LogP contribution in [0.5, 0.6) is 0 Å². The Morgan fingerprint density at radius 2 is 1.90 bits per heavy atom. The Morgan fingerprint density at radius 1 is 1.15 bits per heavy atom. The molecule has 3 rings (SSSR count). The standard InChI is InChI=1S/C16H15FN2O/c17-13-5-6-14(15(18)9-13)16(20)19-8-7-11-3-1-2-4-12(11)10-19/h1-6,9H,7-8,10,18H2. The van der Waals surface area contributed by atoms with Crippen molar-refractivity contribution < 1.29 is 9.18 Å². The maximum Gasteiger partial charge on any atom is 0.256 e. The van der Waals surface area contributed by atoms with E-state index in [1.54, 1.807) is 4.90 Å². The van der Waals surface area contributed by atoms with Crippen molar-refractivity contribution in [3.63, 3.8) is 0 Å². The Balaban J connectivity index is 1.86. The van der Waals surface area contributed by atoms with E-state index < -0.39 is 5.82 Å². The van der Waals surface area contributed by atoms with E-state index >= 15 is 0 Å². The molecule has 0 radical (unpaired) electrons. The highest BCUT2D eigenvalue weighted by atomic mass is 19.1. The zero-order chi connectivity index (χ0) is 14.1. The molecule has 0 bridgehead atoms. The number of fused-ring (bicyclic) bond motifs is 1. The van der Waals surface area contributed by atoms with Crippen molar-refractivity contribution in [2.75, 3.05) is 12.3 Å². The summed E-state index contributed by atoms with van der Waals surface area (Å²) in [5, 5.41) is 0. The van der Waals surface area contributed by atoms with Crippen molar-refractivity contribution in [2.45, 2.75) is 13.0 Å². The second kappa shape index (κ2) is 4.96. The quantitative estimate of drug-likeness (QED) is 0.810. The molecule has 1 heterocycles. The van der Waals surface area contributed by atoms with E-state index in [-0.39, 0.29) is 11.6 Å². The van der Waals surface area contributed by atoms with Gasteiger partial charge in [-0.05, 0) is 35.7 Å². The highest BCUT2D eigenvalue weighted by Gasteiger charge is 2.22. The molecule has 20 heavy (non-hydrogen) atoms. The van der Waals surface area contributed by atoms with Crippen molar-refractivity contribution >= 4 is 11.6 Å².